The van der Waals surface area contributed by atoms with Gasteiger partial charge in [0, 0.05) is 35.0 Å². The molecular formula is C13H8N2O3. The predicted octanol–water partition coefficient (Wildman–Crippen LogP) is 2.19. The maximum absolute atomic E-state index is 11.7. The van der Waals surface area contributed by atoms with Gasteiger partial charge in [-0.2, -0.15) is 0 Å². The smallest absolute Gasteiger partial charge is 0.273 e. The summed E-state index contributed by atoms with van der Waals surface area (Å²) in [5.41, 5.74) is 3.13. The molecule has 0 fully saturated rings. The SMILES string of the molecule is Cc1cc2c(cc1[N+](=O)[O-])C1=NC=CC(=O)C1=C2. The lowest BCUT2D eigenvalue weighted by molar-refractivity contribution is -0.385. The summed E-state index contributed by atoms with van der Waals surface area (Å²) in [6.45, 7) is 1.68. The number of carbonyl (C=O) groups is 1. The van der Waals surface area contributed by atoms with Gasteiger partial charge >= 0.3 is 0 Å². The van der Waals surface area contributed by atoms with Crippen LogP contribution in [0.15, 0.2) is 35.0 Å². The number of allylic oxidation sites excluding steroid dienone is 2. The van der Waals surface area contributed by atoms with Crippen LogP contribution >= 0.6 is 0 Å². The quantitative estimate of drug-likeness (QED) is 0.557. The van der Waals surface area contributed by atoms with Crippen LogP contribution < -0.4 is 0 Å². The summed E-state index contributed by atoms with van der Waals surface area (Å²) in [6.07, 6.45) is 4.55. The molecule has 3 rings (SSSR count). The monoisotopic (exact) mass is 240 g/mol. The number of nitro benzene ring substituents is 1. The molecule has 0 saturated carbocycles. The van der Waals surface area contributed by atoms with E-state index in [1.807, 2.05) is 0 Å². The average Bonchev–Trinajstić information content (AvgIpc) is 2.67. The van der Waals surface area contributed by atoms with Crippen molar-refractivity contribution < 1.29 is 9.72 Å². The minimum absolute atomic E-state index is 0.0492. The number of carbonyl (C=O) groups excluding carboxylic acids is 1. The zero-order valence-electron chi connectivity index (χ0n) is 9.51. The molecule has 0 atom stereocenters. The topological polar surface area (TPSA) is 72.6 Å². The van der Waals surface area contributed by atoms with Crippen molar-refractivity contribution in [3.8, 4) is 0 Å². The van der Waals surface area contributed by atoms with Crippen LogP contribution in [-0.2, 0) is 4.79 Å². The Morgan fingerprint density at radius 3 is 2.83 bits per heavy atom. The van der Waals surface area contributed by atoms with Gasteiger partial charge in [0.1, 0.15) is 0 Å². The van der Waals surface area contributed by atoms with Gasteiger partial charge in [-0.1, -0.05) is 0 Å². The number of nitrogens with zero attached hydrogens (tertiary/aromatic N) is 2. The lowest BCUT2D eigenvalue weighted by atomic mass is 10.0. The highest BCUT2D eigenvalue weighted by Crippen LogP contribution is 2.33. The highest BCUT2D eigenvalue weighted by Gasteiger charge is 2.28. The van der Waals surface area contributed by atoms with Gasteiger partial charge in [-0.15, -0.1) is 0 Å². The van der Waals surface area contributed by atoms with E-state index >= 15 is 0 Å². The van der Waals surface area contributed by atoms with Crippen LogP contribution in [0.5, 0.6) is 0 Å². The standard InChI is InChI=1S/C13H8N2O3/c1-7-4-8-5-10-12(16)2-3-14-13(10)9(8)6-11(7)15(17)18/h2-6H,1H3. The van der Waals surface area contributed by atoms with Gasteiger partial charge in [-0.05, 0) is 24.6 Å². The van der Waals surface area contributed by atoms with E-state index in [-0.39, 0.29) is 11.5 Å². The van der Waals surface area contributed by atoms with Crippen molar-refractivity contribution in [1.82, 2.24) is 0 Å². The second-order valence-corrected chi connectivity index (χ2v) is 4.20. The van der Waals surface area contributed by atoms with E-state index in [2.05, 4.69) is 4.99 Å². The van der Waals surface area contributed by atoms with E-state index in [1.54, 1.807) is 19.1 Å². The van der Waals surface area contributed by atoms with Gasteiger partial charge in [-0.25, -0.2) is 0 Å². The fraction of sp³-hybridized carbons (Fsp3) is 0.0769. The van der Waals surface area contributed by atoms with Gasteiger partial charge < -0.3 is 0 Å². The first-order valence-electron chi connectivity index (χ1n) is 5.38. The van der Waals surface area contributed by atoms with E-state index in [4.69, 9.17) is 0 Å². The Bertz CT molecular complexity index is 696. The number of nitro groups is 1. The predicted molar refractivity (Wildman–Crippen MR) is 66.5 cm³/mol. The number of ketones is 1. The largest absolute Gasteiger partial charge is 0.289 e. The molecule has 5 heteroatoms. The van der Waals surface area contributed by atoms with Crippen LogP contribution in [0.4, 0.5) is 5.69 Å². The molecule has 2 aliphatic rings. The van der Waals surface area contributed by atoms with Crippen molar-refractivity contribution >= 4 is 23.3 Å². The molecule has 0 spiro atoms. The number of rotatable bonds is 1. The van der Waals surface area contributed by atoms with E-state index in [1.165, 1.54) is 18.3 Å². The average molecular weight is 240 g/mol. The van der Waals surface area contributed by atoms with Gasteiger partial charge in [-0.3, -0.25) is 19.9 Å². The van der Waals surface area contributed by atoms with Crippen LogP contribution in [0, 0.1) is 17.0 Å². The summed E-state index contributed by atoms with van der Waals surface area (Å²) in [7, 11) is 0. The van der Waals surface area contributed by atoms with Crippen LogP contribution in [-0.4, -0.2) is 16.4 Å². The highest BCUT2D eigenvalue weighted by atomic mass is 16.6. The molecule has 18 heavy (non-hydrogen) atoms. The van der Waals surface area contributed by atoms with Gasteiger partial charge in [0.25, 0.3) is 5.69 Å². The molecule has 0 amide bonds. The second-order valence-electron chi connectivity index (χ2n) is 4.20. The molecule has 1 aliphatic carbocycles. The van der Waals surface area contributed by atoms with Crippen LogP contribution in [0.25, 0.3) is 6.08 Å². The molecule has 0 bridgehead atoms. The first-order chi connectivity index (χ1) is 8.58. The molecule has 0 unspecified atom stereocenters. The molecule has 0 radical (unpaired) electrons. The van der Waals surface area contributed by atoms with Crippen molar-refractivity contribution in [2.24, 2.45) is 4.99 Å². The first-order valence-corrected chi connectivity index (χ1v) is 5.38. The molecule has 1 heterocycles. The number of aryl methyl sites for hydroxylation is 1. The van der Waals surface area contributed by atoms with Crippen LogP contribution in [0.2, 0.25) is 0 Å². The number of hydrogen-bond acceptors (Lipinski definition) is 4. The fourth-order valence-corrected chi connectivity index (χ4v) is 2.21. The molecule has 1 aromatic rings. The molecule has 0 N–H and O–H groups in total. The minimum Gasteiger partial charge on any atom is -0.289 e. The van der Waals surface area contributed by atoms with E-state index in [0.29, 0.717) is 22.4 Å². The van der Waals surface area contributed by atoms with E-state index < -0.39 is 4.92 Å². The van der Waals surface area contributed by atoms with Crippen molar-refractivity contribution in [1.29, 1.82) is 0 Å². The lowest BCUT2D eigenvalue weighted by Crippen LogP contribution is -2.11. The summed E-state index contributed by atoms with van der Waals surface area (Å²) >= 11 is 0. The summed E-state index contributed by atoms with van der Waals surface area (Å²) < 4.78 is 0. The number of benzene rings is 1. The third-order valence-electron chi connectivity index (χ3n) is 3.07. The second kappa shape index (κ2) is 3.46. The lowest BCUT2D eigenvalue weighted by Gasteiger charge is -2.06. The minimum atomic E-state index is -0.422. The zero-order valence-corrected chi connectivity index (χ0v) is 9.51. The Kier molecular flexibility index (Phi) is 2.04. The maximum Gasteiger partial charge on any atom is 0.273 e. The molecule has 0 aromatic heterocycles. The third-order valence-corrected chi connectivity index (χ3v) is 3.07. The first kappa shape index (κ1) is 10.6. The number of fused-ring (bicyclic) bond motifs is 3. The third kappa shape index (κ3) is 1.34. The molecule has 0 saturated heterocycles. The Morgan fingerprint density at radius 2 is 2.11 bits per heavy atom. The Balaban J connectivity index is 2.24. The summed E-state index contributed by atoms with van der Waals surface area (Å²) in [6, 6.07) is 3.20. The van der Waals surface area contributed by atoms with E-state index in [9.17, 15) is 14.9 Å². The Hall–Kier alpha value is -2.56. The Morgan fingerprint density at radius 1 is 1.33 bits per heavy atom. The van der Waals surface area contributed by atoms with Crippen LogP contribution in [0.1, 0.15) is 16.7 Å². The van der Waals surface area contributed by atoms with Gasteiger partial charge in [0.2, 0.25) is 0 Å². The molecule has 5 nitrogen and oxygen atoms in total. The molecule has 1 aromatic carbocycles. The van der Waals surface area contributed by atoms with Crippen molar-refractivity contribution in [3.63, 3.8) is 0 Å². The van der Waals surface area contributed by atoms with Crippen molar-refractivity contribution in [2.75, 3.05) is 0 Å². The van der Waals surface area contributed by atoms with E-state index in [0.717, 1.165) is 5.56 Å². The summed E-state index contributed by atoms with van der Waals surface area (Å²) in [5, 5.41) is 10.9. The molecule has 88 valence electrons. The van der Waals surface area contributed by atoms with Gasteiger partial charge in [0.05, 0.1) is 10.6 Å². The summed E-state index contributed by atoms with van der Waals surface area (Å²) in [4.78, 5) is 26.3. The molecule has 1 aliphatic heterocycles. The van der Waals surface area contributed by atoms with Crippen molar-refractivity contribution in [2.45, 2.75) is 6.92 Å². The number of aliphatic imine (C=N–C) groups is 1. The fourth-order valence-electron chi connectivity index (χ4n) is 2.21. The maximum atomic E-state index is 11.7. The highest BCUT2D eigenvalue weighted by molar-refractivity contribution is 6.38. The van der Waals surface area contributed by atoms with Gasteiger partial charge in [0.15, 0.2) is 5.78 Å². The summed E-state index contributed by atoms with van der Waals surface area (Å²) in [5.74, 6) is -0.114. The van der Waals surface area contributed by atoms with Crippen LogP contribution in [0.3, 0.4) is 0 Å². The van der Waals surface area contributed by atoms with Crippen molar-refractivity contribution in [3.05, 3.63) is 56.8 Å². The zero-order chi connectivity index (χ0) is 12.9. The Labute approximate surface area is 102 Å². The molecular weight excluding hydrogens is 232 g/mol. The normalized spacial score (nSPS) is 15.9. The number of hydrogen-bond donors (Lipinski definition) is 0.